The predicted molar refractivity (Wildman–Crippen MR) is 222 cm³/mol. The van der Waals surface area contributed by atoms with Crippen LogP contribution in [0, 0.1) is 11.8 Å². The van der Waals surface area contributed by atoms with Gasteiger partial charge in [0.15, 0.2) is 0 Å². The number of benzene rings is 6. The van der Waals surface area contributed by atoms with Crippen LogP contribution in [0.4, 0.5) is 11.4 Å². The van der Waals surface area contributed by atoms with Gasteiger partial charge in [0, 0.05) is 45.8 Å². The second-order valence-electron chi connectivity index (χ2n) is 14.9. The van der Waals surface area contributed by atoms with E-state index in [4.69, 9.17) is 0 Å². The van der Waals surface area contributed by atoms with Gasteiger partial charge in [0.05, 0.1) is 16.9 Å². The lowest BCUT2D eigenvalue weighted by Gasteiger charge is -2.36. The Hall–Kier alpha value is -6.38. The van der Waals surface area contributed by atoms with Crippen LogP contribution < -0.4 is 4.90 Å². The van der Waals surface area contributed by atoms with Gasteiger partial charge in [0.2, 0.25) is 0 Å². The van der Waals surface area contributed by atoms with Crippen LogP contribution >= 0.6 is 0 Å². The van der Waals surface area contributed by atoms with Crippen LogP contribution in [0.25, 0.3) is 51.0 Å². The number of hydrogen-bond acceptors (Lipinski definition) is 1. The molecule has 0 saturated carbocycles. The Morgan fingerprint density at radius 1 is 0.679 bits per heavy atom. The maximum absolute atomic E-state index is 2.60. The lowest BCUT2D eigenvalue weighted by Crippen LogP contribution is -2.26. The molecule has 4 aliphatic carbocycles. The Labute approximate surface area is 311 Å². The first-order valence-electron chi connectivity index (χ1n) is 18.9. The van der Waals surface area contributed by atoms with Crippen molar-refractivity contribution < 1.29 is 0 Å². The minimum Gasteiger partial charge on any atom is -0.313 e. The minimum atomic E-state index is 0.270. The lowest BCUT2D eigenvalue weighted by molar-refractivity contribution is 0.657. The molecule has 53 heavy (non-hydrogen) atoms. The summed E-state index contributed by atoms with van der Waals surface area (Å²) in [6, 6.07) is 53.7. The third-order valence-electron chi connectivity index (χ3n) is 12.0. The van der Waals surface area contributed by atoms with Crippen LogP contribution in [0.5, 0.6) is 0 Å². The highest BCUT2D eigenvalue weighted by Crippen LogP contribution is 2.58. The van der Waals surface area contributed by atoms with Crippen LogP contribution in [0.1, 0.15) is 40.8 Å². The van der Waals surface area contributed by atoms with Gasteiger partial charge in [0.1, 0.15) is 0 Å². The molecule has 0 saturated heterocycles. The van der Waals surface area contributed by atoms with Gasteiger partial charge >= 0.3 is 0 Å². The van der Waals surface area contributed by atoms with Gasteiger partial charge < -0.3 is 9.47 Å². The molecule has 0 fully saturated rings. The summed E-state index contributed by atoms with van der Waals surface area (Å²) in [4.78, 5) is 2.60. The van der Waals surface area contributed by atoms with Crippen LogP contribution in [-0.4, -0.2) is 4.57 Å². The smallest absolute Gasteiger partial charge is 0.0540 e. The monoisotopic (exact) mass is 678 g/mol. The molecule has 3 atom stereocenters. The van der Waals surface area contributed by atoms with E-state index in [1.165, 1.54) is 89.4 Å². The maximum Gasteiger partial charge on any atom is 0.0540 e. The third-order valence-corrected chi connectivity index (χ3v) is 12.0. The van der Waals surface area contributed by atoms with E-state index in [0.29, 0.717) is 11.8 Å². The molecule has 4 aliphatic rings. The Balaban J connectivity index is 1.18. The molecule has 2 nitrogen and oxygen atoms in total. The molecular formula is C51H38N2. The van der Waals surface area contributed by atoms with Crippen molar-refractivity contribution in [1.82, 2.24) is 4.57 Å². The average Bonchev–Trinajstić information content (AvgIpc) is 3.73. The van der Waals surface area contributed by atoms with Gasteiger partial charge in [-0.1, -0.05) is 146 Å². The molecule has 0 spiro atoms. The van der Waals surface area contributed by atoms with Gasteiger partial charge in [-0.25, -0.2) is 0 Å². The molecule has 0 radical (unpaired) electrons. The molecular weight excluding hydrogens is 641 g/mol. The van der Waals surface area contributed by atoms with Gasteiger partial charge in [0.25, 0.3) is 0 Å². The first kappa shape index (κ1) is 30.3. The maximum atomic E-state index is 2.60. The van der Waals surface area contributed by atoms with E-state index in [2.05, 4.69) is 198 Å². The Morgan fingerprint density at radius 3 is 2.34 bits per heavy atom. The number of hydrogen-bond donors (Lipinski definition) is 0. The highest BCUT2D eigenvalue weighted by molar-refractivity contribution is 5.97. The van der Waals surface area contributed by atoms with Crippen LogP contribution in [-0.2, 0) is 6.42 Å². The second kappa shape index (κ2) is 11.8. The molecule has 0 N–H and O–H groups in total. The third kappa shape index (κ3) is 4.58. The fourth-order valence-electron chi connectivity index (χ4n) is 9.71. The van der Waals surface area contributed by atoms with Gasteiger partial charge in [-0.15, -0.1) is 0 Å². The number of rotatable bonds is 5. The number of anilines is 2. The molecule has 252 valence electrons. The zero-order valence-corrected chi connectivity index (χ0v) is 29.7. The van der Waals surface area contributed by atoms with Gasteiger partial charge in [-0.3, -0.25) is 0 Å². The molecule has 0 bridgehead atoms. The van der Waals surface area contributed by atoms with E-state index in [1.807, 2.05) is 0 Å². The zero-order valence-electron chi connectivity index (χ0n) is 29.7. The quantitative estimate of drug-likeness (QED) is 0.176. The summed E-state index contributed by atoms with van der Waals surface area (Å²) < 4.78 is 2.47. The molecule has 11 rings (SSSR count). The van der Waals surface area contributed by atoms with Crippen molar-refractivity contribution in [3.8, 4) is 27.9 Å². The first-order chi connectivity index (χ1) is 26.2. The van der Waals surface area contributed by atoms with Crippen molar-refractivity contribution in [2.45, 2.75) is 19.3 Å². The van der Waals surface area contributed by atoms with Crippen molar-refractivity contribution in [2.24, 2.45) is 11.8 Å². The minimum absolute atomic E-state index is 0.270. The topological polar surface area (TPSA) is 8.17 Å². The summed E-state index contributed by atoms with van der Waals surface area (Å²) in [5.41, 5.74) is 19.7. The molecule has 1 heterocycles. The summed E-state index contributed by atoms with van der Waals surface area (Å²) >= 11 is 0. The number of fused-ring (bicyclic) bond motifs is 8. The van der Waals surface area contributed by atoms with E-state index in [0.717, 1.165) is 6.42 Å². The zero-order chi connectivity index (χ0) is 35.0. The lowest BCUT2D eigenvalue weighted by atomic mass is 9.72. The van der Waals surface area contributed by atoms with Crippen LogP contribution in [0.15, 0.2) is 181 Å². The molecule has 1 aromatic heterocycles. The molecule has 0 aliphatic heterocycles. The largest absolute Gasteiger partial charge is 0.313 e. The molecule has 7 aromatic rings. The van der Waals surface area contributed by atoms with Crippen LogP contribution in [0.3, 0.4) is 0 Å². The van der Waals surface area contributed by atoms with E-state index in [-0.39, 0.29) is 5.92 Å². The summed E-state index contributed by atoms with van der Waals surface area (Å²) in [5.74, 6) is 0.893. The van der Waals surface area contributed by atoms with Crippen molar-refractivity contribution >= 4 is 34.4 Å². The van der Waals surface area contributed by atoms with Crippen molar-refractivity contribution in [2.75, 3.05) is 4.90 Å². The van der Waals surface area contributed by atoms with E-state index < -0.39 is 0 Å². The Morgan fingerprint density at radius 2 is 1.45 bits per heavy atom. The normalized spacial score (nSPS) is 18.8. The summed E-state index contributed by atoms with van der Waals surface area (Å²) in [5, 5.41) is 1.34. The Kier molecular flexibility index (Phi) is 6.76. The molecule has 0 amide bonds. The average molecular weight is 679 g/mol. The molecule has 6 aromatic carbocycles. The van der Waals surface area contributed by atoms with Crippen molar-refractivity contribution in [3.63, 3.8) is 0 Å². The van der Waals surface area contributed by atoms with Crippen molar-refractivity contribution in [3.05, 3.63) is 209 Å². The van der Waals surface area contributed by atoms with E-state index in [9.17, 15) is 0 Å². The SMILES string of the molecule is CC1Cc2c(n(-c3ccccc3)c3ccccc23)C=C1N(c1cccc(-c2ccccc2)c1)c1cccc2c1-c1cccc3c1C2C1C=CC=CC1=C3. The van der Waals surface area contributed by atoms with Gasteiger partial charge in [-0.2, -0.15) is 0 Å². The van der Waals surface area contributed by atoms with Gasteiger partial charge in [-0.05, 0) is 93.4 Å². The van der Waals surface area contributed by atoms with Crippen molar-refractivity contribution in [1.29, 1.82) is 0 Å². The van der Waals surface area contributed by atoms with E-state index in [1.54, 1.807) is 0 Å². The first-order valence-corrected chi connectivity index (χ1v) is 18.9. The predicted octanol–water partition coefficient (Wildman–Crippen LogP) is 12.9. The fraction of sp³-hybridized carbons (Fsp3) is 0.0980. The summed E-state index contributed by atoms with van der Waals surface area (Å²) in [7, 11) is 0. The summed E-state index contributed by atoms with van der Waals surface area (Å²) in [6.07, 6.45) is 15.0. The highest BCUT2D eigenvalue weighted by atomic mass is 15.2. The second-order valence-corrected chi connectivity index (χ2v) is 14.9. The van der Waals surface area contributed by atoms with Crippen LogP contribution in [0.2, 0.25) is 0 Å². The van der Waals surface area contributed by atoms with E-state index >= 15 is 0 Å². The summed E-state index contributed by atoms with van der Waals surface area (Å²) in [6.45, 7) is 2.42. The number of nitrogens with zero attached hydrogens (tertiary/aromatic N) is 2. The highest BCUT2D eigenvalue weighted by Gasteiger charge is 2.41. The number of aromatic nitrogens is 1. The number of para-hydroxylation sites is 2. The fourth-order valence-corrected chi connectivity index (χ4v) is 9.71. The molecule has 3 unspecified atom stereocenters. The molecule has 2 heteroatoms. The standard InChI is InChI=1S/C51H38N2/c1-33-29-44-41-24-10-11-27-45(41)52(38-20-6-3-7-21-38)48(44)32-47(33)53(39-22-12-18-35(31-39)34-15-4-2-5-16-34)46-28-14-26-43-50(46)42-25-13-19-37-30-36-17-8-9-23-40(36)51(43)49(37)42/h2-28,30-33,40,51H,29H2,1H3. The number of allylic oxidation sites excluding steroid dienone is 6. The Bertz CT molecular complexity index is 2720.